The highest BCUT2D eigenvalue weighted by Gasteiger charge is 2.57. The highest BCUT2D eigenvalue weighted by molar-refractivity contribution is 6.07. The van der Waals surface area contributed by atoms with Crippen LogP contribution in [0.15, 0.2) is 72.8 Å². The number of nitrogens with zero attached hydrogens (tertiary/aromatic N) is 2. The molecule has 0 aliphatic carbocycles. The van der Waals surface area contributed by atoms with Crippen molar-refractivity contribution < 1.29 is 45.4 Å². The van der Waals surface area contributed by atoms with Gasteiger partial charge in [0, 0.05) is 6.54 Å². The van der Waals surface area contributed by atoms with Crippen LogP contribution in [0.1, 0.15) is 53.7 Å². The fraction of sp³-hybridized carbons (Fsp3) is 0.394. The lowest BCUT2D eigenvalue weighted by Crippen LogP contribution is -2.64. The van der Waals surface area contributed by atoms with E-state index in [-0.39, 0.29) is 43.7 Å². The molecule has 246 valence electrons. The number of halogens is 6. The maximum atomic E-state index is 13.8. The van der Waals surface area contributed by atoms with Crippen LogP contribution in [0.4, 0.5) is 31.1 Å². The minimum Gasteiger partial charge on any atom is -0.497 e. The Balaban J connectivity index is 1.39. The van der Waals surface area contributed by atoms with Crippen LogP contribution in [-0.2, 0) is 34.0 Å². The molecular formula is C33H33F6N3O4. The van der Waals surface area contributed by atoms with Gasteiger partial charge in [-0.25, -0.2) is 4.79 Å². The highest BCUT2D eigenvalue weighted by atomic mass is 19.4. The summed E-state index contributed by atoms with van der Waals surface area (Å²) < 4.78 is 92.3. The van der Waals surface area contributed by atoms with Gasteiger partial charge in [0.05, 0.1) is 43.0 Å². The monoisotopic (exact) mass is 649 g/mol. The summed E-state index contributed by atoms with van der Waals surface area (Å²) >= 11 is 0. The smallest absolute Gasteiger partial charge is 0.416 e. The van der Waals surface area contributed by atoms with E-state index in [0.717, 1.165) is 16.0 Å². The number of likely N-dealkylation sites (N-methyl/N-ethyl adjacent to an activating group) is 1. The first kappa shape index (κ1) is 33.3. The molecule has 1 N–H and O–H groups in total. The van der Waals surface area contributed by atoms with Gasteiger partial charge in [-0.3, -0.25) is 14.6 Å². The Morgan fingerprint density at radius 1 is 0.891 bits per heavy atom. The molecule has 2 fully saturated rings. The first-order valence-corrected chi connectivity index (χ1v) is 14.5. The second kappa shape index (κ2) is 12.3. The van der Waals surface area contributed by atoms with Crippen molar-refractivity contribution in [2.75, 3.05) is 27.3 Å². The SMILES string of the molecule is COc1ccc(CN2C(=O)NC3(CC[C@@](CO[C@H](C)c4cc(C(F)(F)F)cc(C(F)(F)F)c4)(c4ccccc4)N(C)C3)C2=O)cc1. The Bertz CT molecular complexity index is 1550. The van der Waals surface area contributed by atoms with E-state index >= 15 is 0 Å². The van der Waals surface area contributed by atoms with Crippen LogP contribution >= 0.6 is 0 Å². The molecule has 0 bridgehead atoms. The molecule has 0 aromatic heterocycles. The predicted octanol–water partition coefficient (Wildman–Crippen LogP) is 6.92. The lowest BCUT2D eigenvalue weighted by Gasteiger charge is -2.51. The minimum atomic E-state index is -4.99. The standard InChI is InChI=1S/C33H33F6N3O4/c1-21(23-15-25(32(34,35)36)17-26(16-23)33(37,38)39)46-20-31(24-7-5-4-6-8-24)14-13-30(19-41(31)2)28(43)42(29(44)40-30)18-22-9-11-27(45-3)12-10-22/h4-12,15-17,21H,13-14,18-20H2,1-3H3,(H,40,44)/t21-,30?,31-/m1/s1. The fourth-order valence-electron chi connectivity index (χ4n) is 6.21. The van der Waals surface area contributed by atoms with Gasteiger partial charge in [-0.2, -0.15) is 26.3 Å². The van der Waals surface area contributed by atoms with Crippen molar-refractivity contribution in [3.05, 3.63) is 101 Å². The number of hydrogen-bond acceptors (Lipinski definition) is 5. The van der Waals surface area contributed by atoms with E-state index in [4.69, 9.17) is 9.47 Å². The molecule has 7 nitrogen and oxygen atoms in total. The van der Waals surface area contributed by atoms with Gasteiger partial charge in [0.15, 0.2) is 0 Å². The van der Waals surface area contributed by atoms with Crippen LogP contribution < -0.4 is 10.1 Å². The Morgan fingerprint density at radius 2 is 1.50 bits per heavy atom. The highest BCUT2D eigenvalue weighted by Crippen LogP contribution is 2.44. The van der Waals surface area contributed by atoms with Gasteiger partial charge in [0.1, 0.15) is 11.3 Å². The number of urea groups is 1. The zero-order valence-corrected chi connectivity index (χ0v) is 25.3. The van der Waals surface area contributed by atoms with E-state index in [9.17, 15) is 35.9 Å². The number of likely N-dealkylation sites (tertiary alicyclic amines) is 1. The van der Waals surface area contributed by atoms with Gasteiger partial charge in [0.2, 0.25) is 0 Å². The van der Waals surface area contributed by atoms with Gasteiger partial charge in [-0.15, -0.1) is 0 Å². The molecule has 0 saturated carbocycles. The quantitative estimate of drug-likeness (QED) is 0.212. The zero-order chi connectivity index (χ0) is 33.5. The number of carbonyl (C=O) groups is 2. The van der Waals surface area contributed by atoms with Crippen LogP contribution in [0.5, 0.6) is 5.75 Å². The van der Waals surface area contributed by atoms with Crippen molar-refractivity contribution in [3.8, 4) is 5.75 Å². The molecule has 2 saturated heterocycles. The number of hydrogen-bond donors (Lipinski definition) is 1. The number of piperidine rings is 1. The van der Waals surface area contributed by atoms with Crippen molar-refractivity contribution in [1.82, 2.24) is 15.1 Å². The molecule has 5 rings (SSSR count). The summed E-state index contributed by atoms with van der Waals surface area (Å²) in [5.74, 6) is 0.244. The summed E-state index contributed by atoms with van der Waals surface area (Å²) in [6.45, 7) is 1.43. The molecular weight excluding hydrogens is 616 g/mol. The average molecular weight is 650 g/mol. The van der Waals surface area contributed by atoms with Crippen LogP contribution in [0.2, 0.25) is 0 Å². The number of amides is 3. The molecule has 13 heteroatoms. The second-order valence-corrected chi connectivity index (χ2v) is 11.8. The number of nitrogens with one attached hydrogen (secondary N) is 1. The molecule has 3 amide bonds. The van der Waals surface area contributed by atoms with E-state index in [1.165, 1.54) is 14.0 Å². The molecule has 3 atom stereocenters. The first-order chi connectivity index (χ1) is 21.6. The molecule has 3 aromatic rings. The van der Waals surface area contributed by atoms with Gasteiger partial charge in [-0.05, 0) is 73.8 Å². The van der Waals surface area contributed by atoms with Crippen LogP contribution in [-0.4, -0.2) is 54.6 Å². The van der Waals surface area contributed by atoms with Crippen molar-refractivity contribution >= 4 is 11.9 Å². The van der Waals surface area contributed by atoms with Crippen molar-refractivity contribution in [3.63, 3.8) is 0 Å². The predicted molar refractivity (Wildman–Crippen MR) is 156 cm³/mol. The number of carbonyl (C=O) groups excluding carboxylic acids is 2. The van der Waals surface area contributed by atoms with Crippen LogP contribution in [0, 0.1) is 0 Å². The number of methoxy groups -OCH3 is 1. The largest absolute Gasteiger partial charge is 0.497 e. The summed E-state index contributed by atoms with van der Waals surface area (Å²) in [4.78, 5) is 29.8. The summed E-state index contributed by atoms with van der Waals surface area (Å²) in [6.07, 6.45) is -10.6. The summed E-state index contributed by atoms with van der Waals surface area (Å²) in [5.41, 5.74) is -3.74. The number of alkyl halides is 6. The van der Waals surface area contributed by atoms with Gasteiger partial charge >= 0.3 is 18.4 Å². The zero-order valence-electron chi connectivity index (χ0n) is 25.3. The molecule has 1 unspecified atom stereocenters. The van der Waals surface area contributed by atoms with E-state index in [1.54, 1.807) is 43.4 Å². The lowest BCUT2D eigenvalue weighted by atomic mass is 9.74. The normalized spacial score (nSPS) is 23.1. The fourth-order valence-corrected chi connectivity index (χ4v) is 6.21. The number of rotatable bonds is 8. The molecule has 3 aromatic carbocycles. The van der Waals surface area contributed by atoms with Gasteiger partial charge < -0.3 is 14.8 Å². The third-order valence-electron chi connectivity index (χ3n) is 8.91. The molecule has 1 spiro atoms. The van der Waals surface area contributed by atoms with E-state index in [2.05, 4.69) is 5.32 Å². The lowest BCUT2D eigenvalue weighted by molar-refractivity contribution is -0.143. The van der Waals surface area contributed by atoms with E-state index < -0.39 is 46.7 Å². The van der Waals surface area contributed by atoms with Crippen molar-refractivity contribution in [1.29, 1.82) is 0 Å². The average Bonchev–Trinajstić information content (AvgIpc) is 3.24. The second-order valence-electron chi connectivity index (χ2n) is 11.8. The van der Waals surface area contributed by atoms with E-state index in [0.29, 0.717) is 24.3 Å². The summed E-state index contributed by atoms with van der Waals surface area (Å²) in [6, 6.07) is 17.0. The van der Waals surface area contributed by atoms with Gasteiger partial charge in [-0.1, -0.05) is 42.5 Å². The van der Waals surface area contributed by atoms with Gasteiger partial charge in [0.25, 0.3) is 5.91 Å². The maximum Gasteiger partial charge on any atom is 0.416 e. The van der Waals surface area contributed by atoms with E-state index in [1.807, 2.05) is 23.1 Å². The third-order valence-corrected chi connectivity index (χ3v) is 8.91. The Labute approximate surface area is 262 Å². The van der Waals surface area contributed by atoms with Crippen LogP contribution in [0.3, 0.4) is 0 Å². The molecule has 2 heterocycles. The molecule has 46 heavy (non-hydrogen) atoms. The first-order valence-electron chi connectivity index (χ1n) is 14.5. The Hall–Kier alpha value is -4.10. The number of ether oxygens (including phenoxy) is 2. The molecule has 2 aliphatic rings. The number of imide groups is 1. The molecule has 0 radical (unpaired) electrons. The topological polar surface area (TPSA) is 71.1 Å². The Kier molecular flexibility index (Phi) is 8.86. The maximum absolute atomic E-state index is 13.8. The minimum absolute atomic E-state index is 0.0570. The third kappa shape index (κ3) is 6.43. The van der Waals surface area contributed by atoms with Crippen molar-refractivity contribution in [2.24, 2.45) is 0 Å². The number of benzene rings is 3. The van der Waals surface area contributed by atoms with Crippen molar-refractivity contribution in [2.45, 2.75) is 55.8 Å². The summed E-state index contributed by atoms with van der Waals surface area (Å²) in [5, 5.41) is 2.88. The summed E-state index contributed by atoms with van der Waals surface area (Å²) in [7, 11) is 3.28. The Morgan fingerprint density at radius 3 is 2.04 bits per heavy atom. The van der Waals surface area contributed by atoms with Crippen LogP contribution in [0.25, 0.3) is 0 Å². The molecule has 2 aliphatic heterocycles.